The lowest BCUT2D eigenvalue weighted by molar-refractivity contribution is -0.0211. The maximum Gasteiger partial charge on any atom is 0.0594 e. The normalized spacial score (nSPS) is 27.3. The van der Waals surface area contributed by atoms with Gasteiger partial charge in [0.15, 0.2) is 0 Å². The van der Waals surface area contributed by atoms with Crippen LogP contribution in [0.4, 0.5) is 0 Å². The van der Waals surface area contributed by atoms with E-state index in [-0.39, 0.29) is 11.1 Å². The summed E-state index contributed by atoms with van der Waals surface area (Å²) in [6.07, 6.45) is 2.45. The first-order valence-electron chi connectivity index (χ1n) is 9.29. The molecule has 2 heterocycles. The summed E-state index contributed by atoms with van der Waals surface area (Å²) in [5, 5.41) is 3.90. The zero-order valence-corrected chi connectivity index (χ0v) is 16.5. The third kappa shape index (κ3) is 5.15. The Kier molecular flexibility index (Phi) is 5.82. The minimum atomic E-state index is 0.258. The van der Waals surface area contributed by atoms with Crippen LogP contribution in [0, 0.1) is 5.41 Å². The van der Waals surface area contributed by atoms with Gasteiger partial charge in [-0.15, -0.1) is 0 Å². The predicted octanol–water partition coefficient (Wildman–Crippen LogP) is 2.59. The van der Waals surface area contributed by atoms with Gasteiger partial charge in [-0.1, -0.05) is 13.8 Å². The predicted molar refractivity (Wildman–Crippen MR) is 98.0 cm³/mol. The Hall–Kier alpha value is -0.160. The third-order valence-electron chi connectivity index (χ3n) is 5.93. The molecule has 2 fully saturated rings. The Balaban J connectivity index is 1.86. The number of hydrogen-bond donors (Lipinski definition) is 1. The first kappa shape index (κ1) is 19.2. The molecule has 23 heavy (non-hydrogen) atoms. The fraction of sp³-hybridized carbons (Fsp3) is 1.00. The van der Waals surface area contributed by atoms with E-state index < -0.39 is 0 Å². The molecule has 0 bridgehead atoms. The van der Waals surface area contributed by atoms with Crippen LogP contribution in [0.5, 0.6) is 0 Å². The van der Waals surface area contributed by atoms with Gasteiger partial charge in [-0.05, 0) is 53.0 Å². The van der Waals surface area contributed by atoms with Gasteiger partial charge >= 0.3 is 0 Å². The van der Waals surface area contributed by atoms with Crippen LogP contribution >= 0.6 is 0 Å². The van der Waals surface area contributed by atoms with E-state index >= 15 is 0 Å². The van der Waals surface area contributed by atoms with Crippen molar-refractivity contribution in [1.82, 2.24) is 15.1 Å². The summed E-state index contributed by atoms with van der Waals surface area (Å²) in [5.74, 6) is 0. The van der Waals surface area contributed by atoms with Crippen molar-refractivity contribution in [3.05, 3.63) is 0 Å². The molecule has 0 aliphatic carbocycles. The Morgan fingerprint density at radius 2 is 1.57 bits per heavy atom. The molecular formula is C19H39N3O. The van der Waals surface area contributed by atoms with Crippen LogP contribution in [0.2, 0.25) is 0 Å². The zero-order chi connectivity index (χ0) is 17.3. The number of hydrogen-bond acceptors (Lipinski definition) is 4. The topological polar surface area (TPSA) is 27.7 Å². The summed E-state index contributed by atoms with van der Waals surface area (Å²) in [5.41, 5.74) is 0.816. The number of rotatable bonds is 5. The van der Waals surface area contributed by atoms with E-state index in [2.05, 4.69) is 63.7 Å². The smallest absolute Gasteiger partial charge is 0.0594 e. The van der Waals surface area contributed by atoms with Gasteiger partial charge < -0.3 is 10.1 Å². The molecule has 0 radical (unpaired) electrons. The SMILES string of the molecule is CN1C(C)(C)CC(NCC(C)(C)CN2CCOCC2)CC1(C)C. The highest BCUT2D eigenvalue weighted by Gasteiger charge is 2.43. The fourth-order valence-corrected chi connectivity index (χ4v) is 4.36. The van der Waals surface area contributed by atoms with Crippen molar-refractivity contribution in [3.63, 3.8) is 0 Å². The van der Waals surface area contributed by atoms with Crippen LogP contribution in [0.15, 0.2) is 0 Å². The summed E-state index contributed by atoms with van der Waals surface area (Å²) in [4.78, 5) is 5.10. The molecule has 0 aromatic rings. The molecule has 0 saturated carbocycles. The highest BCUT2D eigenvalue weighted by Crippen LogP contribution is 2.37. The van der Waals surface area contributed by atoms with Gasteiger partial charge in [0.05, 0.1) is 13.2 Å². The van der Waals surface area contributed by atoms with Crippen molar-refractivity contribution >= 4 is 0 Å². The zero-order valence-electron chi connectivity index (χ0n) is 16.5. The Morgan fingerprint density at radius 3 is 2.09 bits per heavy atom. The third-order valence-corrected chi connectivity index (χ3v) is 5.93. The van der Waals surface area contributed by atoms with Crippen molar-refractivity contribution < 1.29 is 4.74 Å². The van der Waals surface area contributed by atoms with E-state index in [0.717, 1.165) is 39.4 Å². The molecule has 0 aromatic heterocycles. The van der Waals surface area contributed by atoms with Gasteiger partial charge in [-0.25, -0.2) is 0 Å². The lowest BCUT2D eigenvalue weighted by Gasteiger charge is -2.54. The molecule has 0 unspecified atom stereocenters. The van der Waals surface area contributed by atoms with Crippen LogP contribution in [0.3, 0.4) is 0 Å². The Morgan fingerprint density at radius 1 is 1.04 bits per heavy atom. The van der Waals surface area contributed by atoms with E-state index in [1.807, 2.05) is 0 Å². The van der Waals surface area contributed by atoms with Crippen molar-refractivity contribution in [2.24, 2.45) is 5.41 Å². The maximum atomic E-state index is 5.46. The lowest BCUT2D eigenvalue weighted by Crippen LogP contribution is -2.62. The van der Waals surface area contributed by atoms with Gasteiger partial charge in [0, 0.05) is 43.3 Å². The van der Waals surface area contributed by atoms with Gasteiger partial charge in [-0.3, -0.25) is 9.80 Å². The Bertz CT molecular complexity index is 368. The van der Waals surface area contributed by atoms with Crippen LogP contribution in [0.25, 0.3) is 0 Å². The largest absolute Gasteiger partial charge is 0.379 e. The quantitative estimate of drug-likeness (QED) is 0.841. The second-order valence-electron chi connectivity index (χ2n) is 9.72. The van der Waals surface area contributed by atoms with E-state index in [4.69, 9.17) is 4.74 Å². The number of likely N-dealkylation sites (tertiary alicyclic amines) is 1. The highest BCUT2D eigenvalue weighted by atomic mass is 16.5. The van der Waals surface area contributed by atoms with Gasteiger partial charge in [0.1, 0.15) is 0 Å². The maximum absolute atomic E-state index is 5.46. The molecule has 2 rings (SSSR count). The molecule has 2 saturated heterocycles. The minimum absolute atomic E-state index is 0.258. The van der Waals surface area contributed by atoms with Crippen LogP contribution in [-0.4, -0.2) is 73.4 Å². The number of piperidine rings is 1. The van der Waals surface area contributed by atoms with E-state index in [1.165, 1.54) is 12.8 Å². The molecule has 136 valence electrons. The molecule has 2 aliphatic rings. The number of morpholine rings is 1. The van der Waals surface area contributed by atoms with E-state index in [0.29, 0.717) is 11.5 Å². The number of nitrogens with zero attached hydrogens (tertiary/aromatic N) is 2. The molecule has 0 aromatic carbocycles. The molecule has 0 atom stereocenters. The van der Waals surface area contributed by atoms with Crippen LogP contribution in [-0.2, 0) is 4.74 Å². The fourth-order valence-electron chi connectivity index (χ4n) is 4.36. The first-order chi connectivity index (χ1) is 10.5. The molecule has 1 N–H and O–H groups in total. The first-order valence-corrected chi connectivity index (χ1v) is 9.29. The van der Waals surface area contributed by atoms with Crippen molar-refractivity contribution in [1.29, 1.82) is 0 Å². The van der Waals surface area contributed by atoms with Gasteiger partial charge in [0.2, 0.25) is 0 Å². The molecule has 0 amide bonds. The number of ether oxygens (including phenoxy) is 1. The highest BCUT2D eigenvalue weighted by molar-refractivity contribution is 5.01. The second-order valence-corrected chi connectivity index (χ2v) is 9.72. The summed E-state index contributed by atoms with van der Waals surface area (Å²) >= 11 is 0. The monoisotopic (exact) mass is 325 g/mol. The van der Waals surface area contributed by atoms with Crippen LogP contribution in [0.1, 0.15) is 54.4 Å². The molecule has 0 spiro atoms. The average molecular weight is 326 g/mol. The molecule has 4 nitrogen and oxygen atoms in total. The van der Waals surface area contributed by atoms with Gasteiger partial charge in [0.25, 0.3) is 0 Å². The summed E-state index contributed by atoms with van der Waals surface area (Å²) in [6.45, 7) is 20.5. The Labute approximate surface area is 143 Å². The average Bonchev–Trinajstić information content (AvgIpc) is 2.43. The summed E-state index contributed by atoms with van der Waals surface area (Å²) < 4.78 is 5.46. The molecule has 2 aliphatic heterocycles. The second kappa shape index (κ2) is 6.99. The van der Waals surface area contributed by atoms with Gasteiger partial charge in [-0.2, -0.15) is 0 Å². The van der Waals surface area contributed by atoms with Crippen molar-refractivity contribution in [3.8, 4) is 0 Å². The number of nitrogens with one attached hydrogen (secondary N) is 1. The minimum Gasteiger partial charge on any atom is -0.379 e. The van der Waals surface area contributed by atoms with Crippen molar-refractivity contribution in [2.45, 2.75) is 71.5 Å². The van der Waals surface area contributed by atoms with Crippen molar-refractivity contribution in [2.75, 3.05) is 46.4 Å². The van der Waals surface area contributed by atoms with Crippen LogP contribution < -0.4 is 5.32 Å². The molecular weight excluding hydrogens is 286 g/mol. The molecule has 4 heteroatoms. The standard InChI is InChI=1S/C19H39N3O/c1-17(2,15-22-8-10-23-11-9-22)14-20-16-12-18(3,4)21(7)19(5,6)13-16/h16,20H,8-15H2,1-7H3. The lowest BCUT2D eigenvalue weighted by atomic mass is 9.77. The van der Waals surface area contributed by atoms with E-state index in [1.54, 1.807) is 0 Å². The summed E-state index contributed by atoms with van der Waals surface area (Å²) in [6, 6.07) is 0.611. The summed E-state index contributed by atoms with van der Waals surface area (Å²) in [7, 11) is 2.28. The van der Waals surface area contributed by atoms with E-state index in [9.17, 15) is 0 Å².